The molecule has 14 heavy (non-hydrogen) atoms. The Labute approximate surface area is 86.1 Å². The average molecular weight is 224 g/mol. The van der Waals surface area contributed by atoms with Crippen LogP contribution in [0.2, 0.25) is 0 Å². The molecule has 0 aliphatic carbocycles. The molecule has 0 fully saturated rings. The summed E-state index contributed by atoms with van der Waals surface area (Å²) in [6.07, 6.45) is 3.09. The van der Waals surface area contributed by atoms with E-state index in [0.29, 0.717) is 13.2 Å². The molecule has 0 heterocycles. The van der Waals surface area contributed by atoms with Crippen molar-refractivity contribution in [3.8, 4) is 0 Å². The lowest BCUT2D eigenvalue weighted by Gasteiger charge is -2.15. The molecule has 0 aromatic heterocycles. The molecule has 0 atom stereocenters. The van der Waals surface area contributed by atoms with Crippen LogP contribution in [0, 0.1) is 0 Å². The van der Waals surface area contributed by atoms with E-state index in [1.165, 1.54) is 0 Å². The van der Waals surface area contributed by atoms with Crippen LogP contribution in [-0.2, 0) is 13.6 Å². The van der Waals surface area contributed by atoms with Crippen molar-refractivity contribution in [2.24, 2.45) is 0 Å². The van der Waals surface area contributed by atoms with Gasteiger partial charge < -0.3 is 14.2 Å². The first-order valence-electron chi connectivity index (χ1n) is 5.17. The summed E-state index contributed by atoms with van der Waals surface area (Å²) >= 11 is 0. The van der Waals surface area contributed by atoms with Crippen LogP contribution in [0.1, 0.15) is 39.5 Å². The minimum absolute atomic E-state index is 0.389. The fourth-order valence-corrected chi connectivity index (χ4v) is 1.87. The lowest BCUT2D eigenvalue weighted by atomic mass is 10.4. The zero-order valence-electron chi connectivity index (χ0n) is 9.07. The van der Waals surface area contributed by atoms with Crippen LogP contribution in [0.15, 0.2) is 0 Å². The lowest BCUT2D eigenvalue weighted by Crippen LogP contribution is -2.02. The summed E-state index contributed by atoms with van der Waals surface area (Å²) in [5.41, 5.74) is 0. The molecule has 0 radical (unpaired) electrons. The Kier molecular flexibility index (Phi) is 8.49. The van der Waals surface area contributed by atoms with Crippen LogP contribution in [-0.4, -0.2) is 24.7 Å². The molecule has 0 aliphatic rings. The van der Waals surface area contributed by atoms with Crippen molar-refractivity contribution in [2.75, 3.05) is 19.6 Å². The molecule has 1 N–H and O–H groups in total. The van der Waals surface area contributed by atoms with E-state index in [2.05, 4.69) is 0 Å². The molecule has 0 aliphatic heterocycles. The standard InChI is InChI=1S/C9H21O4P/c1-3-5-7-12-14(11,9-10)13-8-6-4-2/h10H,3-9H2,1-2H3. The SMILES string of the molecule is CCCCOP(=O)(CO)OCCCC. The van der Waals surface area contributed by atoms with Gasteiger partial charge in [-0.3, -0.25) is 4.57 Å². The number of rotatable bonds is 9. The topological polar surface area (TPSA) is 55.8 Å². The second kappa shape index (κ2) is 8.42. The molecule has 0 amide bonds. The first kappa shape index (κ1) is 14.1. The van der Waals surface area contributed by atoms with Gasteiger partial charge in [0.2, 0.25) is 0 Å². The van der Waals surface area contributed by atoms with Crippen LogP contribution in [0.3, 0.4) is 0 Å². The highest BCUT2D eigenvalue weighted by Gasteiger charge is 2.22. The lowest BCUT2D eigenvalue weighted by molar-refractivity contribution is 0.176. The summed E-state index contributed by atoms with van der Waals surface area (Å²) in [7, 11) is -3.20. The molecule has 0 unspecified atom stereocenters. The van der Waals surface area contributed by atoms with Crippen LogP contribution in [0.25, 0.3) is 0 Å². The molecular weight excluding hydrogens is 203 g/mol. The monoisotopic (exact) mass is 224 g/mol. The molecule has 0 saturated carbocycles. The Balaban J connectivity index is 3.74. The molecule has 0 rings (SSSR count). The normalized spacial score (nSPS) is 11.9. The zero-order valence-corrected chi connectivity index (χ0v) is 9.96. The van der Waals surface area contributed by atoms with Crippen LogP contribution < -0.4 is 0 Å². The van der Waals surface area contributed by atoms with Crippen molar-refractivity contribution in [1.29, 1.82) is 0 Å². The number of unbranched alkanes of at least 4 members (excludes halogenated alkanes) is 2. The fraction of sp³-hybridized carbons (Fsp3) is 1.00. The molecule has 0 saturated heterocycles. The molecule has 0 aromatic carbocycles. The number of aliphatic hydroxyl groups excluding tert-OH is 1. The van der Waals surface area contributed by atoms with E-state index >= 15 is 0 Å². The van der Waals surface area contributed by atoms with Gasteiger partial charge in [0.05, 0.1) is 13.2 Å². The molecule has 5 heteroatoms. The van der Waals surface area contributed by atoms with Crippen molar-refractivity contribution in [2.45, 2.75) is 39.5 Å². The summed E-state index contributed by atoms with van der Waals surface area (Å²) in [4.78, 5) is 0. The van der Waals surface area contributed by atoms with Crippen molar-refractivity contribution in [3.63, 3.8) is 0 Å². The van der Waals surface area contributed by atoms with E-state index in [0.717, 1.165) is 25.7 Å². The third kappa shape index (κ3) is 6.55. The maximum atomic E-state index is 11.6. The maximum absolute atomic E-state index is 11.6. The Morgan fingerprint density at radius 1 is 1.07 bits per heavy atom. The van der Waals surface area contributed by atoms with E-state index < -0.39 is 13.9 Å². The molecule has 4 nitrogen and oxygen atoms in total. The van der Waals surface area contributed by atoms with E-state index in [-0.39, 0.29) is 0 Å². The van der Waals surface area contributed by atoms with Gasteiger partial charge in [-0.1, -0.05) is 26.7 Å². The van der Waals surface area contributed by atoms with Gasteiger partial charge in [-0.25, -0.2) is 0 Å². The predicted octanol–water partition coefficient (Wildman–Crippen LogP) is 2.76. The van der Waals surface area contributed by atoms with Crippen molar-refractivity contribution >= 4 is 7.60 Å². The predicted molar refractivity (Wildman–Crippen MR) is 56.4 cm³/mol. The highest BCUT2D eigenvalue weighted by molar-refractivity contribution is 7.53. The first-order chi connectivity index (χ1) is 6.68. The third-order valence-electron chi connectivity index (χ3n) is 1.74. The second-order valence-corrected chi connectivity index (χ2v) is 5.15. The third-order valence-corrected chi connectivity index (χ3v) is 3.24. The van der Waals surface area contributed by atoms with E-state index in [4.69, 9.17) is 14.2 Å². The van der Waals surface area contributed by atoms with Crippen LogP contribution >= 0.6 is 7.60 Å². The average Bonchev–Trinajstić information content (AvgIpc) is 2.19. The summed E-state index contributed by atoms with van der Waals surface area (Å²) < 4.78 is 21.7. The smallest absolute Gasteiger partial charge is 0.355 e. The Morgan fingerprint density at radius 2 is 1.50 bits per heavy atom. The van der Waals surface area contributed by atoms with Gasteiger partial charge in [0.25, 0.3) is 0 Å². The highest BCUT2D eigenvalue weighted by Crippen LogP contribution is 2.47. The maximum Gasteiger partial charge on any atom is 0.355 e. The molecule has 86 valence electrons. The van der Waals surface area contributed by atoms with E-state index in [1.54, 1.807) is 0 Å². The minimum Gasteiger partial charge on any atom is -0.384 e. The summed E-state index contributed by atoms with van der Waals surface area (Å²) in [5.74, 6) is 0. The molecular formula is C9H21O4P. The molecule has 0 spiro atoms. The first-order valence-corrected chi connectivity index (χ1v) is 6.90. The minimum atomic E-state index is -3.20. The fourth-order valence-electron chi connectivity index (χ4n) is 0.815. The Bertz CT molecular complexity index is 158. The van der Waals surface area contributed by atoms with Crippen LogP contribution in [0.5, 0.6) is 0 Å². The van der Waals surface area contributed by atoms with Gasteiger partial charge >= 0.3 is 7.60 Å². The van der Waals surface area contributed by atoms with Gasteiger partial charge in [0.1, 0.15) is 6.35 Å². The van der Waals surface area contributed by atoms with Crippen LogP contribution in [0.4, 0.5) is 0 Å². The second-order valence-electron chi connectivity index (χ2n) is 3.13. The Morgan fingerprint density at radius 3 is 1.79 bits per heavy atom. The van der Waals surface area contributed by atoms with Gasteiger partial charge in [-0.2, -0.15) is 0 Å². The summed E-state index contributed by atoms with van der Waals surface area (Å²) in [5, 5.41) is 8.87. The zero-order chi connectivity index (χ0) is 10.9. The van der Waals surface area contributed by atoms with Gasteiger partial charge in [0.15, 0.2) is 0 Å². The highest BCUT2D eigenvalue weighted by atomic mass is 31.2. The largest absolute Gasteiger partial charge is 0.384 e. The van der Waals surface area contributed by atoms with Crippen molar-refractivity contribution < 1.29 is 18.7 Å². The van der Waals surface area contributed by atoms with Gasteiger partial charge in [-0.15, -0.1) is 0 Å². The van der Waals surface area contributed by atoms with Crippen molar-refractivity contribution in [1.82, 2.24) is 0 Å². The quantitative estimate of drug-likeness (QED) is 0.483. The molecule has 0 aromatic rings. The summed E-state index contributed by atoms with van der Waals surface area (Å²) in [6, 6.07) is 0. The number of aliphatic hydroxyl groups is 1. The van der Waals surface area contributed by atoms with E-state index in [1.807, 2.05) is 13.8 Å². The van der Waals surface area contributed by atoms with Crippen molar-refractivity contribution in [3.05, 3.63) is 0 Å². The molecule has 0 bridgehead atoms. The van der Waals surface area contributed by atoms with E-state index in [9.17, 15) is 4.57 Å². The van der Waals surface area contributed by atoms with Gasteiger partial charge in [0, 0.05) is 0 Å². The summed E-state index contributed by atoms with van der Waals surface area (Å²) in [6.45, 7) is 4.82. The number of hydrogen-bond acceptors (Lipinski definition) is 4. The van der Waals surface area contributed by atoms with Gasteiger partial charge in [-0.05, 0) is 12.8 Å². The Hall–Kier alpha value is 0.110. The number of hydrogen-bond donors (Lipinski definition) is 1.